The van der Waals surface area contributed by atoms with Gasteiger partial charge in [0.25, 0.3) is 5.91 Å². The first-order valence-electron chi connectivity index (χ1n) is 12.6. The molecule has 5 nitrogen and oxygen atoms in total. The summed E-state index contributed by atoms with van der Waals surface area (Å²) in [5, 5.41) is 3.70. The topological polar surface area (TPSA) is 42.0 Å². The Morgan fingerprint density at radius 1 is 0.944 bits per heavy atom. The van der Waals surface area contributed by atoms with Crippen molar-refractivity contribution in [2.24, 2.45) is 0 Å². The number of carbonyl (C=O) groups excluding carboxylic acids is 1. The predicted octanol–water partition coefficient (Wildman–Crippen LogP) is 7.20. The third kappa shape index (κ3) is 5.17. The van der Waals surface area contributed by atoms with E-state index in [4.69, 9.17) is 21.1 Å². The molecule has 7 heteroatoms. The zero-order chi connectivity index (χ0) is 25.1. The minimum absolute atomic E-state index is 0.0285. The fourth-order valence-electron chi connectivity index (χ4n) is 4.73. The molecule has 3 aromatic carbocycles. The van der Waals surface area contributed by atoms with Crippen LogP contribution in [0.4, 0.5) is 0 Å². The van der Waals surface area contributed by atoms with Crippen molar-refractivity contribution in [3.8, 4) is 11.5 Å². The lowest BCUT2D eigenvalue weighted by atomic mass is 10.1. The lowest BCUT2D eigenvalue weighted by Crippen LogP contribution is -2.32. The number of carbonyl (C=O) groups is 1. The van der Waals surface area contributed by atoms with Crippen LogP contribution in [0.1, 0.15) is 41.9 Å². The summed E-state index contributed by atoms with van der Waals surface area (Å²) < 4.78 is 12.0. The van der Waals surface area contributed by atoms with Crippen molar-refractivity contribution in [3.05, 3.63) is 70.1 Å². The van der Waals surface area contributed by atoms with Crippen LogP contribution in [0.25, 0.3) is 20.9 Å². The Balaban J connectivity index is 1.40. The van der Waals surface area contributed by atoms with E-state index in [1.165, 1.54) is 22.1 Å². The average molecular weight is 523 g/mol. The molecule has 2 heterocycles. The van der Waals surface area contributed by atoms with Crippen LogP contribution in [0, 0.1) is 0 Å². The number of nitrogens with zero attached hydrogens (tertiary/aromatic N) is 2. The van der Waals surface area contributed by atoms with E-state index in [1.807, 2.05) is 29.2 Å². The summed E-state index contributed by atoms with van der Waals surface area (Å²) in [6, 6.07) is 18.5. The maximum atomic E-state index is 13.9. The van der Waals surface area contributed by atoms with E-state index >= 15 is 0 Å². The molecule has 1 amide bonds. The lowest BCUT2D eigenvalue weighted by molar-refractivity contribution is 0.0743. The number of ether oxygens (including phenoxy) is 2. The van der Waals surface area contributed by atoms with E-state index in [-0.39, 0.29) is 12.7 Å². The second kappa shape index (κ2) is 11.1. The van der Waals surface area contributed by atoms with Crippen LogP contribution in [-0.2, 0) is 6.54 Å². The lowest BCUT2D eigenvalue weighted by Gasteiger charge is -2.24. The number of benzene rings is 3. The average Bonchev–Trinajstić information content (AvgIpc) is 3.49. The number of thiophene rings is 1. The maximum Gasteiger partial charge on any atom is 0.265 e. The zero-order valence-corrected chi connectivity index (χ0v) is 22.3. The molecule has 1 aliphatic rings. The molecule has 0 saturated heterocycles. The van der Waals surface area contributed by atoms with Gasteiger partial charge < -0.3 is 19.3 Å². The Morgan fingerprint density at radius 2 is 1.67 bits per heavy atom. The van der Waals surface area contributed by atoms with Crippen molar-refractivity contribution in [2.75, 3.05) is 33.0 Å². The number of hydrogen-bond donors (Lipinski definition) is 0. The van der Waals surface area contributed by atoms with Gasteiger partial charge in [-0.05, 0) is 60.9 Å². The first kappa shape index (κ1) is 24.9. The number of unbranched alkanes of at least 4 members (excludes halogenated alkanes) is 1. The minimum atomic E-state index is -0.0285. The van der Waals surface area contributed by atoms with Gasteiger partial charge in [-0.1, -0.05) is 61.8 Å². The molecule has 5 rings (SSSR count). The van der Waals surface area contributed by atoms with Crippen molar-refractivity contribution < 1.29 is 14.3 Å². The second-order valence-electron chi connectivity index (χ2n) is 9.09. The summed E-state index contributed by atoms with van der Waals surface area (Å²) >= 11 is 8.20. The van der Waals surface area contributed by atoms with E-state index in [9.17, 15) is 4.79 Å². The fourth-order valence-corrected chi connectivity index (χ4v) is 6.21. The third-order valence-electron chi connectivity index (χ3n) is 6.84. The van der Waals surface area contributed by atoms with Gasteiger partial charge in [0.1, 0.15) is 4.88 Å². The molecule has 1 aromatic heterocycles. The van der Waals surface area contributed by atoms with Crippen molar-refractivity contribution in [3.63, 3.8) is 0 Å². The maximum absolute atomic E-state index is 13.9. The molecule has 0 N–H and O–H groups in total. The quantitative estimate of drug-likeness (QED) is 0.206. The van der Waals surface area contributed by atoms with Gasteiger partial charge in [-0.2, -0.15) is 0 Å². The normalized spacial score (nSPS) is 12.7. The van der Waals surface area contributed by atoms with Gasteiger partial charge in [0, 0.05) is 29.2 Å². The monoisotopic (exact) mass is 522 g/mol. The van der Waals surface area contributed by atoms with Gasteiger partial charge in [-0.15, -0.1) is 11.3 Å². The van der Waals surface area contributed by atoms with E-state index in [0.717, 1.165) is 48.1 Å². The Morgan fingerprint density at radius 3 is 2.44 bits per heavy atom. The van der Waals surface area contributed by atoms with E-state index < -0.39 is 0 Å². The molecule has 0 radical (unpaired) electrons. The van der Waals surface area contributed by atoms with Crippen molar-refractivity contribution in [1.82, 2.24) is 9.80 Å². The van der Waals surface area contributed by atoms with E-state index in [2.05, 4.69) is 49.1 Å². The third-order valence-corrected chi connectivity index (χ3v) is 8.48. The first-order valence-corrected chi connectivity index (χ1v) is 13.8. The van der Waals surface area contributed by atoms with Gasteiger partial charge in [0.15, 0.2) is 11.5 Å². The molecular weight excluding hydrogens is 492 g/mol. The van der Waals surface area contributed by atoms with Gasteiger partial charge in [0.2, 0.25) is 6.79 Å². The molecule has 188 valence electrons. The largest absolute Gasteiger partial charge is 0.454 e. The second-order valence-corrected chi connectivity index (χ2v) is 10.5. The van der Waals surface area contributed by atoms with E-state index in [0.29, 0.717) is 34.5 Å². The number of fused-ring (bicyclic) bond motifs is 3. The van der Waals surface area contributed by atoms with Crippen molar-refractivity contribution in [2.45, 2.75) is 33.2 Å². The summed E-state index contributed by atoms with van der Waals surface area (Å²) in [5.74, 6) is 1.34. The standard InChI is InChI=1S/C29H31ClN2O3S/c1-3-31(4-2)13-7-8-14-32(18-20-11-12-21-9-5-6-10-22(21)15-20)29(33)28-27(30)23-16-24-25(35-19-34-24)17-26(23)36-28/h5-6,9-12,15-17H,3-4,7-8,13-14,18-19H2,1-2H3. The van der Waals surface area contributed by atoms with Crippen LogP contribution >= 0.6 is 22.9 Å². The van der Waals surface area contributed by atoms with Gasteiger partial charge in [0.05, 0.1) is 5.02 Å². The summed E-state index contributed by atoms with van der Waals surface area (Å²) in [7, 11) is 0. The summed E-state index contributed by atoms with van der Waals surface area (Å²) in [6.07, 6.45) is 1.99. The Kier molecular flexibility index (Phi) is 7.65. The zero-order valence-electron chi connectivity index (χ0n) is 20.8. The van der Waals surface area contributed by atoms with Crippen LogP contribution in [0.15, 0.2) is 54.6 Å². The number of halogens is 1. The highest BCUT2D eigenvalue weighted by Gasteiger charge is 2.25. The minimum Gasteiger partial charge on any atom is -0.454 e. The Bertz CT molecular complexity index is 1380. The van der Waals surface area contributed by atoms with Crippen LogP contribution < -0.4 is 9.47 Å². The molecule has 0 bridgehead atoms. The predicted molar refractivity (Wildman–Crippen MR) is 149 cm³/mol. The van der Waals surface area contributed by atoms with Crippen LogP contribution in [0.3, 0.4) is 0 Å². The van der Waals surface area contributed by atoms with Gasteiger partial charge in [-0.25, -0.2) is 0 Å². The highest BCUT2D eigenvalue weighted by Crippen LogP contribution is 2.44. The Hall–Kier alpha value is -2.80. The Labute approximate surface area is 221 Å². The molecule has 4 aromatic rings. The van der Waals surface area contributed by atoms with Crippen LogP contribution in [0.2, 0.25) is 5.02 Å². The van der Waals surface area contributed by atoms with Crippen LogP contribution in [-0.4, -0.2) is 48.7 Å². The van der Waals surface area contributed by atoms with Gasteiger partial charge >= 0.3 is 0 Å². The van der Waals surface area contributed by atoms with Gasteiger partial charge in [-0.3, -0.25) is 4.79 Å². The first-order chi connectivity index (χ1) is 17.6. The molecule has 1 aliphatic heterocycles. The molecular formula is C29H31ClN2O3S. The summed E-state index contributed by atoms with van der Waals surface area (Å²) in [6.45, 7) is 8.95. The fraction of sp³-hybridized carbons (Fsp3) is 0.345. The molecule has 0 spiro atoms. The highest BCUT2D eigenvalue weighted by molar-refractivity contribution is 7.21. The van der Waals surface area contributed by atoms with E-state index in [1.54, 1.807) is 0 Å². The number of hydrogen-bond acceptors (Lipinski definition) is 5. The molecule has 0 atom stereocenters. The summed E-state index contributed by atoms with van der Waals surface area (Å²) in [5.41, 5.74) is 1.11. The molecule has 0 unspecified atom stereocenters. The SMILES string of the molecule is CCN(CC)CCCCN(Cc1ccc2ccccc2c1)C(=O)c1sc2cc3c(cc2c1Cl)OCO3. The molecule has 0 saturated carbocycles. The van der Waals surface area contributed by atoms with Crippen molar-refractivity contribution in [1.29, 1.82) is 0 Å². The highest BCUT2D eigenvalue weighted by atomic mass is 35.5. The number of rotatable bonds is 10. The summed E-state index contributed by atoms with van der Waals surface area (Å²) in [4.78, 5) is 18.8. The smallest absolute Gasteiger partial charge is 0.265 e. The van der Waals surface area contributed by atoms with Crippen LogP contribution in [0.5, 0.6) is 11.5 Å². The molecule has 0 aliphatic carbocycles. The molecule has 0 fully saturated rings. The number of amides is 1. The van der Waals surface area contributed by atoms with Crippen molar-refractivity contribution >= 4 is 49.7 Å². The molecule has 36 heavy (non-hydrogen) atoms.